The zero-order valence-electron chi connectivity index (χ0n) is 15.5. The molecule has 0 spiro atoms. The van der Waals surface area contributed by atoms with E-state index in [-0.39, 0.29) is 5.91 Å². The van der Waals surface area contributed by atoms with Crippen molar-refractivity contribution in [2.45, 2.75) is 39.3 Å². The van der Waals surface area contributed by atoms with Gasteiger partial charge in [-0.3, -0.25) is 4.79 Å². The fourth-order valence-electron chi connectivity index (χ4n) is 3.05. The van der Waals surface area contributed by atoms with Crippen molar-refractivity contribution in [1.82, 2.24) is 9.88 Å². The predicted octanol–water partition coefficient (Wildman–Crippen LogP) is 3.05. The second kappa shape index (κ2) is 8.67. The first-order valence-corrected chi connectivity index (χ1v) is 8.63. The number of nitrogens with zero attached hydrogens (tertiary/aromatic N) is 1. The number of aryl methyl sites for hydroxylation is 1. The molecule has 1 heterocycles. The number of allylic oxidation sites excluding steroid dienone is 1. The zero-order chi connectivity index (χ0) is 19.3. The van der Waals surface area contributed by atoms with Crippen LogP contribution in [-0.2, 0) is 16.1 Å². The molecule has 2 aromatic rings. The summed E-state index contributed by atoms with van der Waals surface area (Å²) in [5, 5.41) is 12.9. The van der Waals surface area contributed by atoms with Crippen LogP contribution in [0.5, 0.6) is 0 Å². The fourth-order valence-corrected chi connectivity index (χ4v) is 3.05. The van der Waals surface area contributed by atoms with Gasteiger partial charge in [0.2, 0.25) is 0 Å². The van der Waals surface area contributed by atoms with Crippen LogP contribution in [0, 0.1) is 13.8 Å². The molecule has 0 fully saturated rings. The number of rotatable bonds is 9. The summed E-state index contributed by atoms with van der Waals surface area (Å²) in [6.07, 6.45) is 2.48. The number of benzene rings is 1. The molecule has 26 heavy (non-hydrogen) atoms. The van der Waals surface area contributed by atoms with E-state index in [4.69, 9.17) is 4.74 Å². The third-order valence-electron chi connectivity index (χ3n) is 4.68. The van der Waals surface area contributed by atoms with Gasteiger partial charge in [0.05, 0.1) is 6.61 Å². The molecule has 0 aliphatic heterocycles. The minimum Gasteiger partial charge on any atom is -0.480 e. The first kappa shape index (κ1) is 19.7. The molecule has 1 aromatic heterocycles. The number of carboxylic acid groups (broad SMARTS) is 1. The summed E-state index contributed by atoms with van der Waals surface area (Å²) in [5.74, 6) is -1.43. The normalized spacial score (nSPS) is 12.1. The van der Waals surface area contributed by atoms with Crippen molar-refractivity contribution in [3.05, 3.63) is 47.7 Å². The van der Waals surface area contributed by atoms with Crippen LogP contribution in [0.3, 0.4) is 0 Å². The monoisotopic (exact) mass is 358 g/mol. The second-order valence-electron chi connectivity index (χ2n) is 6.32. The maximum absolute atomic E-state index is 12.5. The maximum atomic E-state index is 12.5. The molecule has 6 heteroatoms. The third-order valence-corrected chi connectivity index (χ3v) is 4.68. The number of fused-ring (bicyclic) bond motifs is 1. The molecule has 1 atom stereocenters. The SMILES string of the molecule is C=CCCC(NC(=O)c1ccc2c(c1)c(C)c(C)n2CCOC)C(=O)O. The Hall–Kier alpha value is -2.60. The van der Waals surface area contributed by atoms with Gasteiger partial charge in [0, 0.05) is 35.8 Å². The number of nitrogens with one attached hydrogen (secondary N) is 1. The Labute approximate surface area is 153 Å². The molecule has 0 saturated carbocycles. The molecule has 0 radical (unpaired) electrons. The molecule has 140 valence electrons. The number of carbonyl (C=O) groups excluding carboxylic acids is 1. The van der Waals surface area contributed by atoms with Crippen LogP contribution in [-0.4, -0.2) is 41.3 Å². The average molecular weight is 358 g/mol. The highest BCUT2D eigenvalue weighted by molar-refractivity contribution is 6.00. The standard InChI is InChI=1S/C20H26N2O4/c1-5-6-7-17(20(24)25)21-19(23)15-8-9-18-16(12-15)13(2)14(3)22(18)10-11-26-4/h5,8-9,12,17H,1,6-7,10-11H2,2-4H3,(H,21,23)(H,24,25). The lowest BCUT2D eigenvalue weighted by Gasteiger charge is -2.14. The number of aliphatic carboxylic acids is 1. The van der Waals surface area contributed by atoms with Gasteiger partial charge >= 0.3 is 5.97 Å². The lowest BCUT2D eigenvalue weighted by molar-refractivity contribution is -0.139. The molecule has 2 N–H and O–H groups in total. The number of methoxy groups -OCH3 is 1. The Balaban J connectivity index is 2.30. The van der Waals surface area contributed by atoms with Crippen LogP contribution in [0.4, 0.5) is 0 Å². The quantitative estimate of drug-likeness (QED) is 0.675. The van der Waals surface area contributed by atoms with E-state index in [2.05, 4.69) is 16.5 Å². The zero-order valence-corrected chi connectivity index (χ0v) is 15.5. The molecule has 1 aromatic carbocycles. The summed E-state index contributed by atoms with van der Waals surface area (Å²) in [4.78, 5) is 23.8. The van der Waals surface area contributed by atoms with E-state index in [1.807, 2.05) is 26.0 Å². The van der Waals surface area contributed by atoms with Crippen molar-refractivity contribution in [1.29, 1.82) is 0 Å². The molecule has 1 amide bonds. The summed E-state index contributed by atoms with van der Waals surface area (Å²) < 4.78 is 7.34. The summed E-state index contributed by atoms with van der Waals surface area (Å²) in [5.41, 5.74) is 3.72. The summed E-state index contributed by atoms with van der Waals surface area (Å²) in [6, 6.07) is 4.53. The molecular weight excluding hydrogens is 332 g/mol. The summed E-state index contributed by atoms with van der Waals surface area (Å²) in [7, 11) is 1.67. The van der Waals surface area contributed by atoms with Crippen molar-refractivity contribution in [2.75, 3.05) is 13.7 Å². The van der Waals surface area contributed by atoms with Crippen LogP contribution in [0.15, 0.2) is 30.9 Å². The Morgan fingerprint density at radius 1 is 1.38 bits per heavy atom. The van der Waals surface area contributed by atoms with Gasteiger partial charge in [0.1, 0.15) is 6.04 Å². The van der Waals surface area contributed by atoms with Crippen molar-refractivity contribution >= 4 is 22.8 Å². The average Bonchev–Trinajstić information content (AvgIpc) is 2.86. The maximum Gasteiger partial charge on any atom is 0.326 e. The minimum atomic E-state index is -1.04. The first-order valence-electron chi connectivity index (χ1n) is 8.63. The van der Waals surface area contributed by atoms with Crippen LogP contribution >= 0.6 is 0 Å². The molecular formula is C20H26N2O4. The Bertz CT molecular complexity index is 823. The molecule has 0 bridgehead atoms. The van der Waals surface area contributed by atoms with Gasteiger partial charge in [-0.05, 0) is 50.5 Å². The highest BCUT2D eigenvalue weighted by atomic mass is 16.5. The van der Waals surface area contributed by atoms with Gasteiger partial charge < -0.3 is 19.7 Å². The van der Waals surface area contributed by atoms with Crippen molar-refractivity contribution in [3.63, 3.8) is 0 Å². The number of carboxylic acids is 1. The Morgan fingerprint density at radius 3 is 2.73 bits per heavy atom. The van der Waals surface area contributed by atoms with E-state index in [9.17, 15) is 14.7 Å². The van der Waals surface area contributed by atoms with E-state index < -0.39 is 12.0 Å². The van der Waals surface area contributed by atoms with Crippen molar-refractivity contribution in [2.24, 2.45) is 0 Å². The summed E-state index contributed by atoms with van der Waals surface area (Å²) >= 11 is 0. The van der Waals surface area contributed by atoms with Crippen LogP contribution < -0.4 is 5.32 Å². The Morgan fingerprint density at radius 2 is 2.12 bits per heavy atom. The third kappa shape index (κ3) is 4.14. The van der Waals surface area contributed by atoms with Crippen molar-refractivity contribution in [3.8, 4) is 0 Å². The highest BCUT2D eigenvalue weighted by Crippen LogP contribution is 2.26. The first-order chi connectivity index (χ1) is 12.4. The van der Waals surface area contributed by atoms with Gasteiger partial charge in [-0.25, -0.2) is 4.79 Å². The number of aromatic nitrogens is 1. The van der Waals surface area contributed by atoms with Gasteiger partial charge in [-0.1, -0.05) is 6.08 Å². The fraction of sp³-hybridized carbons (Fsp3) is 0.400. The van der Waals surface area contributed by atoms with E-state index in [0.29, 0.717) is 25.0 Å². The topological polar surface area (TPSA) is 80.6 Å². The van der Waals surface area contributed by atoms with Crippen LogP contribution in [0.2, 0.25) is 0 Å². The number of hydrogen-bond donors (Lipinski definition) is 2. The highest BCUT2D eigenvalue weighted by Gasteiger charge is 2.21. The number of carbonyl (C=O) groups is 2. The molecule has 1 unspecified atom stereocenters. The van der Waals surface area contributed by atoms with Crippen LogP contribution in [0.1, 0.15) is 34.5 Å². The molecule has 0 aliphatic rings. The minimum absolute atomic E-state index is 0.318. The number of amides is 1. The molecule has 2 rings (SSSR count). The van der Waals surface area contributed by atoms with Gasteiger partial charge in [0.15, 0.2) is 0 Å². The van der Waals surface area contributed by atoms with E-state index in [1.54, 1.807) is 19.3 Å². The predicted molar refractivity (Wildman–Crippen MR) is 102 cm³/mol. The van der Waals surface area contributed by atoms with E-state index in [1.165, 1.54) is 0 Å². The van der Waals surface area contributed by atoms with E-state index in [0.717, 1.165) is 28.7 Å². The smallest absolute Gasteiger partial charge is 0.326 e. The lowest BCUT2D eigenvalue weighted by Crippen LogP contribution is -2.40. The molecule has 6 nitrogen and oxygen atoms in total. The number of ether oxygens (including phenoxy) is 1. The van der Waals surface area contributed by atoms with Gasteiger partial charge in [0.25, 0.3) is 5.91 Å². The van der Waals surface area contributed by atoms with Gasteiger partial charge in [-0.15, -0.1) is 6.58 Å². The molecule has 0 aliphatic carbocycles. The Kier molecular flexibility index (Phi) is 6.58. The summed E-state index contributed by atoms with van der Waals surface area (Å²) in [6.45, 7) is 8.99. The van der Waals surface area contributed by atoms with E-state index >= 15 is 0 Å². The van der Waals surface area contributed by atoms with Gasteiger partial charge in [-0.2, -0.15) is 0 Å². The molecule has 0 saturated heterocycles. The lowest BCUT2D eigenvalue weighted by atomic mass is 10.1. The second-order valence-corrected chi connectivity index (χ2v) is 6.32. The number of hydrogen-bond acceptors (Lipinski definition) is 3. The van der Waals surface area contributed by atoms with Crippen LogP contribution in [0.25, 0.3) is 10.9 Å². The largest absolute Gasteiger partial charge is 0.480 e. The van der Waals surface area contributed by atoms with Crippen molar-refractivity contribution < 1.29 is 19.4 Å².